The number of carbonyl (C=O) groups is 1. The Labute approximate surface area is 190 Å². The van der Waals surface area contributed by atoms with Crippen LogP contribution in [-0.4, -0.2) is 38.0 Å². The number of ether oxygens (including phenoxy) is 1. The van der Waals surface area contributed by atoms with E-state index >= 15 is 0 Å². The summed E-state index contributed by atoms with van der Waals surface area (Å²) in [5, 5.41) is 12.0. The molecule has 0 spiro atoms. The number of hydrogen-bond donors (Lipinski definition) is 1. The van der Waals surface area contributed by atoms with E-state index in [1.165, 1.54) is 11.8 Å². The molecule has 4 rings (SSSR count). The number of methoxy groups -OCH3 is 1. The van der Waals surface area contributed by atoms with Crippen molar-refractivity contribution in [2.45, 2.75) is 24.3 Å². The fraction of sp³-hybridized carbons (Fsp3) is 0.167. The number of thioether (sulfide) groups is 1. The maximum absolute atomic E-state index is 12.9. The molecule has 2 heterocycles. The molecule has 1 N–H and O–H groups in total. The molecule has 32 heavy (non-hydrogen) atoms. The number of anilines is 1. The monoisotopic (exact) mass is 445 g/mol. The third-order valence-electron chi connectivity index (χ3n) is 4.93. The maximum Gasteiger partial charge on any atom is 0.237 e. The van der Waals surface area contributed by atoms with Gasteiger partial charge in [-0.2, -0.15) is 0 Å². The van der Waals surface area contributed by atoms with Crippen LogP contribution >= 0.6 is 11.8 Å². The Morgan fingerprint density at radius 3 is 2.59 bits per heavy atom. The Bertz CT molecular complexity index is 1230. The van der Waals surface area contributed by atoms with Crippen LogP contribution in [0.2, 0.25) is 0 Å². The van der Waals surface area contributed by atoms with E-state index in [4.69, 9.17) is 4.74 Å². The van der Waals surface area contributed by atoms with Gasteiger partial charge in [-0.05, 0) is 49.7 Å². The van der Waals surface area contributed by atoms with E-state index in [1.807, 2.05) is 79.1 Å². The van der Waals surface area contributed by atoms with Gasteiger partial charge < -0.3 is 10.1 Å². The lowest BCUT2D eigenvalue weighted by Crippen LogP contribution is -2.23. The number of rotatable bonds is 7. The van der Waals surface area contributed by atoms with Crippen LogP contribution in [0.5, 0.6) is 5.75 Å². The largest absolute Gasteiger partial charge is 0.495 e. The van der Waals surface area contributed by atoms with Gasteiger partial charge >= 0.3 is 0 Å². The number of carbonyl (C=O) groups excluding carboxylic acids is 1. The van der Waals surface area contributed by atoms with Gasteiger partial charge in [-0.3, -0.25) is 14.3 Å². The zero-order chi connectivity index (χ0) is 22.5. The molecule has 4 aromatic rings. The molecule has 2 aromatic heterocycles. The molecule has 2 aromatic carbocycles. The molecule has 7 nitrogen and oxygen atoms in total. The maximum atomic E-state index is 12.9. The minimum absolute atomic E-state index is 0.109. The predicted molar refractivity (Wildman–Crippen MR) is 126 cm³/mol. The Hall–Kier alpha value is -3.65. The lowest BCUT2D eigenvalue weighted by atomic mass is 10.2. The third-order valence-corrected chi connectivity index (χ3v) is 5.98. The molecule has 1 atom stereocenters. The van der Waals surface area contributed by atoms with E-state index in [0.717, 1.165) is 22.5 Å². The standard InChI is InChI=1S/C24H23N5O2S/c1-16-9-4-5-11-19(16)26-23(30)17(2)32-24-28-27-22(18-10-8-14-25-15-18)29(24)20-12-6-7-13-21(20)31-3/h4-15,17H,1-3H3,(H,26,30)/t17-/m0/s1. The fourth-order valence-electron chi connectivity index (χ4n) is 3.22. The second kappa shape index (κ2) is 9.65. The fourth-order valence-corrected chi connectivity index (χ4v) is 4.08. The van der Waals surface area contributed by atoms with Gasteiger partial charge in [-0.1, -0.05) is 42.1 Å². The van der Waals surface area contributed by atoms with Crippen molar-refractivity contribution in [1.29, 1.82) is 0 Å². The molecule has 162 valence electrons. The first kappa shape index (κ1) is 21.6. The van der Waals surface area contributed by atoms with Crippen molar-refractivity contribution in [3.63, 3.8) is 0 Å². The van der Waals surface area contributed by atoms with Gasteiger partial charge in [-0.25, -0.2) is 0 Å². The molecule has 0 aliphatic rings. The quantitative estimate of drug-likeness (QED) is 0.413. The number of benzene rings is 2. The minimum atomic E-state index is -0.408. The Balaban J connectivity index is 1.69. The average molecular weight is 446 g/mol. The SMILES string of the molecule is COc1ccccc1-n1c(S[C@@H](C)C(=O)Nc2ccccc2C)nnc1-c1cccnc1. The number of nitrogens with one attached hydrogen (secondary N) is 1. The van der Waals surface area contributed by atoms with Gasteiger partial charge in [0.2, 0.25) is 5.91 Å². The van der Waals surface area contributed by atoms with E-state index in [0.29, 0.717) is 16.7 Å². The van der Waals surface area contributed by atoms with Crippen LogP contribution in [0.15, 0.2) is 78.2 Å². The smallest absolute Gasteiger partial charge is 0.237 e. The minimum Gasteiger partial charge on any atom is -0.495 e. The summed E-state index contributed by atoms with van der Waals surface area (Å²) in [6.45, 7) is 3.81. The average Bonchev–Trinajstić information content (AvgIpc) is 3.24. The molecule has 0 aliphatic heterocycles. The van der Waals surface area contributed by atoms with E-state index in [1.54, 1.807) is 19.5 Å². The van der Waals surface area contributed by atoms with Gasteiger partial charge in [-0.15, -0.1) is 10.2 Å². The number of aryl methyl sites for hydroxylation is 1. The first-order valence-corrected chi connectivity index (χ1v) is 11.0. The van der Waals surface area contributed by atoms with Crippen molar-refractivity contribution in [2.75, 3.05) is 12.4 Å². The second-order valence-corrected chi connectivity index (χ2v) is 8.43. The van der Waals surface area contributed by atoms with Gasteiger partial charge in [0.15, 0.2) is 11.0 Å². The summed E-state index contributed by atoms with van der Waals surface area (Å²) in [4.78, 5) is 17.1. The molecular formula is C24H23N5O2S. The lowest BCUT2D eigenvalue weighted by molar-refractivity contribution is -0.115. The Morgan fingerprint density at radius 1 is 1.06 bits per heavy atom. The van der Waals surface area contributed by atoms with Crippen LogP contribution in [0.1, 0.15) is 12.5 Å². The van der Waals surface area contributed by atoms with Crippen LogP contribution in [-0.2, 0) is 4.79 Å². The summed E-state index contributed by atoms with van der Waals surface area (Å²) >= 11 is 1.33. The summed E-state index contributed by atoms with van der Waals surface area (Å²) in [7, 11) is 1.62. The Kier molecular flexibility index (Phi) is 6.51. The Morgan fingerprint density at radius 2 is 1.84 bits per heavy atom. The van der Waals surface area contributed by atoms with Gasteiger partial charge in [0.05, 0.1) is 18.0 Å². The summed E-state index contributed by atoms with van der Waals surface area (Å²) in [5.41, 5.74) is 3.41. The number of para-hydroxylation sites is 3. The number of nitrogens with zero attached hydrogens (tertiary/aromatic N) is 4. The van der Waals surface area contributed by atoms with E-state index < -0.39 is 5.25 Å². The topological polar surface area (TPSA) is 81.9 Å². The molecule has 0 radical (unpaired) electrons. The molecule has 0 saturated heterocycles. The van der Waals surface area contributed by atoms with Crippen LogP contribution in [0.3, 0.4) is 0 Å². The molecule has 0 bridgehead atoms. The zero-order valence-corrected chi connectivity index (χ0v) is 18.8. The first-order valence-electron chi connectivity index (χ1n) is 10.1. The molecule has 8 heteroatoms. The second-order valence-electron chi connectivity index (χ2n) is 7.12. The van der Waals surface area contributed by atoms with E-state index in [-0.39, 0.29) is 5.91 Å². The lowest BCUT2D eigenvalue weighted by Gasteiger charge is -2.16. The molecule has 0 fully saturated rings. The van der Waals surface area contributed by atoms with Crippen LogP contribution in [0, 0.1) is 6.92 Å². The number of aromatic nitrogens is 4. The summed E-state index contributed by atoms with van der Waals surface area (Å²) in [5.74, 6) is 1.19. The summed E-state index contributed by atoms with van der Waals surface area (Å²) in [6, 6.07) is 19.1. The van der Waals surface area contributed by atoms with E-state index in [9.17, 15) is 4.79 Å². The van der Waals surface area contributed by atoms with Crippen molar-refractivity contribution in [3.05, 3.63) is 78.6 Å². The molecular weight excluding hydrogens is 422 g/mol. The van der Waals surface area contributed by atoms with E-state index in [2.05, 4.69) is 20.5 Å². The molecule has 0 unspecified atom stereocenters. The third kappa shape index (κ3) is 4.50. The highest BCUT2D eigenvalue weighted by molar-refractivity contribution is 8.00. The highest BCUT2D eigenvalue weighted by Gasteiger charge is 2.23. The zero-order valence-electron chi connectivity index (χ0n) is 18.0. The van der Waals surface area contributed by atoms with Crippen LogP contribution < -0.4 is 10.1 Å². The highest BCUT2D eigenvalue weighted by Crippen LogP contribution is 2.34. The number of pyridine rings is 1. The van der Waals surface area contributed by atoms with Gasteiger partial charge in [0.1, 0.15) is 5.75 Å². The molecule has 0 aliphatic carbocycles. The number of amides is 1. The first-order chi connectivity index (χ1) is 15.6. The molecule has 1 amide bonds. The molecule has 0 saturated carbocycles. The highest BCUT2D eigenvalue weighted by atomic mass is 32.2. The normalized spacial score (nSPS) is 11.7. The van der Waals surface area contributed by atoms with Crippen LogP contribution in [0.4, 0.5) is 5.69 Å². The summed E-state index contributed by atoms with van der Waals surface area (Å²) in [6.07, 6.45) is 3.44. The number of hydrogen-bond acceptors (Lipinski definition) is 6. The van der Waals surface area contributed by atoms with Crippen molar-refractivity contribution in [3.8, 4) is 22.8 Å². The van der Waals surface area contributed by atoms with Gasteiger partial charge in [0.25, 0.3) is 0 Å². The van der Waals surface area contributed by atoms with Crippen LogP contribution in [0.25, 0.3) is 17.1 Å². The van der Waals surface area contributed by atoms with Gasteiger partial charge in [0, 0.05) is 23.6 Å². The summed E-state index contributed by atoms with van der Waals surface area (Å²) < 4.78 is 7.48. The van der Waals surface area contributed by atoms with Crippen molar-refractivity contribution in [2.24, 2.45) is 0 Å². The van der Waals surface area contributed by atoms with Crippen molar-refractivity contribution >= 4 is 23.4 Å². The van der Waals surface area contributed by atoms with Crippen molar-refractivity contribution < 1.29 is 9.53 Å². The van der Waals surface area contributed by atoms with Crippen molar-refractivity contribution in [1.82, 2.24) is 19.7 Å². The predicted octanol–water partition coefficient (Wildman–Crippen LogP) is 4.77.